The summed E-state index contributed by atoms with van der Waals surface area (Å²) in [5, 5.41) is 3.48. The standard InChI is InChI=1S/C11H25N3/c1-10(2)8-14-6-5-12-7-11(14)9-13(3)4/h10-12H,5-9H2,1-4H3. The zero-order chi connectivity index (χ0) is 10.6. The van der Waals surface area contributed by atoms with Crippen LogP contribution in [0.4, 0.5) is 0 Å². The van der Waals surface area contributed by atoms with Crippen molar-refractivity contribution in [3.8, 4) is 0 Å². The van der Waals surface area contributed by atoms with E-state index in [0.29, 0.717) is 6.04 Å². The summed E-state index contributed by atoms with van der Waals surface area (Å²) in [6.07, 6.45) is 0. The van der Waals surface area contributed by atoms with Crippen LogP contribution in [0.3, 0.4) is 0 Å². The molecule has 3 nitrogen and oxygen atoms in total. The van der Waals surface area contributed by atoms with Crippen LogP contribution in [0.5, 0.6) is 0 Å². The van der Waals surface area contributed by atoms with E-state index in [-0.39, 0.29) is 0 Å². The van der Waals surface area contributed by atoms with E-state index < -0.39 is 0 Å². The van der Waals surface area contributed by atoms with Gasteiger partial charge in [0, 0.05) is 38.8 Å². The molecule has 1 N–H and O–H groups in total. The fourth-order valence-electron chi connectivity index (χ4n) is 2.11. The van der Waals surface area contributed by atoms with E-state index >= 15 is 0 Å². The number of piperazine rings is 1. The minimum Gasteiger partial charge on any atom is -0.314 e. The molecule has 1 fully saturated rings. The predicted molar refractivity (Wildman–Crippen MR) is 61.6 cm³/mol. The molecule has 84 valence electrons. The molecule has 0 aliphatic carbocycles. The lowest BCUT2D eigenvalue weighted by molar-refractivity contribution is 0.120. The zero-order valence-corrected chi connectivity index (χ0v) is 10.1. The summed E-state index contributed by atoms with van der Waals surface area (Å²) in [5.74, 6) is 0.776. The summed E-state index contributed by atoms with van der Waals surface area (Å²) in [6, 6.07) is 0.696. The van der Waals surface area contributed by atoms with Gasteiger partial charge in [-0.15, -0.1) is 0 Å². The highest BCUT2D eigenvalue weighted by Crippen LogP contribution is 2.07. The SMILES string of the molecule is CC(C)CN1CCNCC1CN(C)C. The van der Waals surface area contributed by atoms with Crippen molar-refractivity contribution >= 4 is 0 Å². The Balaban J connectivity index is 2.41. The maximum Gasteiger partial charge on any atom is 0.0348 e. The molecular weight excluding hydrogens is 174 g/mol. The van der Waals surface area contributed by atoms with Gasteiger partial charge in [0.25, 0.3) is 0 Å². The van der Waals surface area contributed by atoms with Crippen LogP contribution in [0, 0.1) is 5.92 Å². The topological polar surface area (TPSA) is 18.5 Å². The molecule has 1 unspecified atom stereocenters. The molecule has 1 rings (SSSR count). The minimum absolute atomic E-state index is 0.696. The average molecular weight is 199 g/mol. The Morgan fingerprint density at radius 1 is 1.43 bits per heavy atom. The minimum atomic E-state index is 0.696. The highest BCUT2D eigenvalue weighted by molar-refractivity contribution is 4.81. The zero-order valence-electron chi connectivity index (χ0n) is 10.1. The Bertz CT molecular complexity index is 139. The summed E-state index contributed by atoms with van der Waals surface area (Å²) < 4.78 is 0. The maximum absolute atomic E-state index is 3.48. The number of nitrogens with zero attached hydrogens (tertiary/aromatic N) is 2. The molecule has 0 bridgehead atoms. The molecule has 1 saturated heterocycles. The monoisotopic (exact) mass is 199 g/mol. The second-order valence-electron chi connectivity index (χ2n) is 5.01. The van der Waals surface area contributed by atoms with Crippen molar-refractivity contribution in [2.45, 2.75) is 19.9 Å². The van der Waals surface area contributed by atoms with Gasteiger partial charge in [0.15, 0.2) is 0 Å². The van der Waals surface area contributed by atoms with E-state index in [1.165, 1.54) is 19.6 Å². The van der Waals surface area contributed by atoms with Gasteiger partial charge in [0.2, 0.25) is 0 Å². The van der Waals surface area contributed by atoms with Crippen molar-refractivity contribution in [2.24, 2.45) is 5.92 Å². The van der Waals surface area contributed by atoms with Crippen molar-refractivity contribution in [1.29, 1.82) is 0 Å². The van der Waals surface area contributed by atoms with E-state index in [2.05, 4.69) is 43.1 Å². The first-order chi connectivity index (χ1) is 6.59. The lowest BCUT2D eigenvalue weighted by Crippen LogP contribution is -2.55. The third kappa shape index (κ3) is 3.95. The smallest absolute Gasteiger partial charge is 0.0348 e. The fraction of sp³-hybridized carbons (Fsp3) is 1.00. The second-order valence-corrected chi connectivity index (χ2v) is 5.01. The number of likely N-dealkylation sites (N-methyl/N-ethyl adjacent to an activating group) is 1. The predicted octanol–water partition coefficient (Wildman–Crippen LogP) is 0.478. The van der Waals surface area contributed by atoms with Crippen molar-refractivity contribution in [2.75, 3.05) is 46.8 Å². The molecule has 14 heavy (non-hydrogen) atoms. The number of hydrogen-bond acceptors (Lipinski definition) is 3. The first kappa shape index (κ1) is 12.0. The van der Waals surface area contributed by atoms with Gasteiger partial charge >= 0.3 is 0 Å². The van der Waals surface area contributed by atoms with Gasteiger partial charge in [0.1, 0.15) is 0 Å². The molecule has 0 spiro atoms. The summed E-state index contributed by atoms with van der Waals surface area (Å²) in [6.45, 7) is 10.5. The van der Waals surface area contributed by atoms with Crippen molar-refractivity contribution < 1.29 is 0 Å². The van der Waals surface area contributed by atoms with Gasteiger partial charge in [-0.2, -0.15) is 0 Å². The molecule has 0 amide bonds. The van der Waals surface area contributed by atoms with Gasteiger partial charge < -0.3 is 10.2 Å². The van der Waals surface area contributed by atoms with Crippen LogP contribution in [0.2, 0.25) is 0 Å². The molecule has 1 aliphatic heterocycles. The van der Waals surface area contributed by atoms with E-state index in [1.807, 2.05) is 0 Å². The van der Waals surface area contributed by atoms with Crippen molar-refractivity contribution in [1.82, 2.24) is 15.1 Å². The molecule has 0 radical (unpaired) electrons. The molecule has 0 aromatic carbocycles. The van der Waals surface area contributed by atoms with E-state index in [4.69, 9.17) is 0 Å². The number of rotatable bonds is 4. The molecule has 1 heterocycles. The number of hydrogen-bond donors (Lipinski definition) is 1. The van der Waals surface area contributed by atoms with E-state index in [1.54, 1.807) is 0 Å². The second kappa shape index (κ2) is 5.69. The number of nitrogens with one attached hydrogen (secondary N) is 1. The van der Waals surface area contributed by atoms with Crippen LogP contribution in [0.1, 0.15) is 13.8 Å². The molecule has 0 saturated carbocycles. The molecule has 1 aliphatic rings. The summed E-state index contributed by atoms with van der Waals surface area (Å²) in [5.41, 5.74) is 0. The van der Waals surface area contributed by atoms with Crippen LogP contribution in [0.15, 0.2) is 0 Å². The van der Waals surface area contributed by atoms with Gasteiger partial charge in [-0.1, -0.05) is 13.8 Å². The lowest BCUT2D eigenvalue weighted by Gasteiger charge is -2.38. The Hall–Kier alpha value is -0.120. The van der Waals surface area contributed by atoms with Crippen molar-refractivity contribution in [3.63, 3.8) is 0 Å². The highest BCUT2D eigenvalue weighted by Gasteiger charge is 2.22. The lowest BCUT2D eigenvalue weighted by atomic mass is 10.1. The average Bonchev–Trinajstić information content (AvgIpc) is 2.06. The van der Waals surface area contributed by atoms with Gasteiger partial charge in [-0.3, -0.25) is 4.90 Å². The first-order valence-corrected chi connectivity index (χ1v) is 5.69. The summed E-state index contributed by atoms with van der Waals surface area (Å²) in [7, 11) is 4.31. The van der Waals surface area contributed by atoms with Gasteiger partial charge in [0.05, 0.1) is 0 Å². The van der Waals surface area contributed by atoms with Crippen LogP contribution in [-0.4, -0.2) is 62.7 Å². The summed E-state index contributed by atoms with van der Waals surface area (Å²) in [4.78, 5) is 4.91. The quantitative estimate of drug-likeness (QED) is 0.710. The largest absolute Gasteiger partial charge is 0.314 e. The molecular formula is C11H25N3. The molecule has 0 aromatic heterocycles. The molecule has 0 aromatic rings. The fourth-order valence-corrected chi connectivity index (χ4v) is 2.11. The Morgan fingerprint density at radius 2 is 2.14 bits per heavy atom. The van der Waals surface area contributed by atoms with Crippen LogP contribution >= 0.6 is 0 Å². The Kier molecular flexibility index (Phi) is 4.85. The summed E-state index contributed by atoms with van der Waals surface area (Å²) >= 11 is 0. The Labute approximate surface area is 88.5 Å². The molecule has 3 heteroatoms. The first-order valence-electron chi connectivity index (χ1n) is 5.69. The van der Waals surface area contributed by atoms with Crippen LogP contribution in [0.25, 0.3) is 0 Å². The third-order valence-electron chi connectivity index (χ3n) is 2.65. The van der Waals surface area contributed by atoms with Crippen LogP contribution in [-0.2, 0) is 0 Å². The highest BCUT2D eigenvalue weighted by atomic mass is 15.2. The normalized spacial score (nSPS) is 24.9. The van der Waals surface area contributed by atoms with Crippen molar-refractivity contribution in [3.05, 3.63) is 0 Å². The third-order valence-corrected chi connectivity index (χ3v) is 2.65. The van der Waals surface area contributed by atoms with E-state index in [9.17, 15) is 0 Å². The van der Waals surface area contributed by atoms with E-state index in [0.717, 1.165) is 19.0 Å². The Morgan fingerprint density at radius 3 is 2.71 bits per heavy atom. The van der Waals surface area contributed by atoms with Gasteiger partial charge in [-0.05, 0) is 20.0 Å². The van der Waals surface area contributed by atoms with Crippen LogP contribution < -0.4 is 5.32 Å². The molecule has 1 atom stereocenters. The van der Waals surface area contributed by atoms with Gasteiger partial charge in [-0.25, -0.2) is 0 Å². The maximum atomic E-state index is 3.48.